The van der Waals surface area contributed by atoms with Crippen LogP contribution in [0.15, 0.2) is 139 Å². The van der Waals surface area contributed by atoms with E-state index in [1.165, 1.54) is 16.0 Å². The maximum absolute atomic E-state index is 14.1. The third kappa shape index (κ3) is 26.3. The molecule has 0 aliphatic carbocycles. The molecule has 0 unspecified atom stereocenters. The molecule has 5 aromatic carbocycles. The molecule has 4 N–H and O–H groups in total. The van der Waals surface area contributed by atoms with Crippen LogP contribution < -0.4 is 50.3 Å². The summed E-state index contributed by atoms with van der Waals surface area (Å²) in [5.74, 6) is -0.235. The fourth-order valence-electron chi connectivity index (χ4n) is 16.3. The summed E-state index contributed by atoms with van der Waals surface area (Å²) in [6, 6.07) is 34.6. The number of likely N-dealkylation sites (tertiary alicyclic amines) is 2. The minimum Gasteiger partial charge on any atom is -0.494 e. The number of carbonyl (C=O) groups excluding carboxylic acids is 8. The van der Waals surface area contributed by atoms with Gasteiger partial charge in [0.15, 0.2) is 10.2 Å². The Bertz CT molecular complexity index is 5230. The normalized spacial score (nSPS) is 17.4. The summed E-state index contributed by atoms with van der Waals surface area (Å²) in [4.78, 5) is 140. The molecule has 12 rings (SSSR count). The monoisotopic (exact) mass is 1920 g/mol. The molecule has 8 aromatic rings. The topological polar surface area (TPSA) is 307 Å². The van der Waals surface area contributed by atoms with Crippen molar-refractivity contribution >= 4 is 150 Å². The number of pyridine rings is 1. The zero-order chi connectivity index (χ0) is 96.9. The SMILES string of the molecule is [C-]#[N+]c1ccc(N2C(=O)C(C)(C)N(c3ccc(OCCCCOCCCOCC(=O)N[C@H](C(=O)N4C[C@H](C)C[C@H]4C(=O)NCc4ccc(-c5scnc5C)cc4)C(C)(C)C)cc3)C2=S)cc1Cl.[C-]#[N+]c1ncc(N2C(=O)C(C)(C)N(c3ccc(OCCCCOCCCOCC(=O)N[C@H](C(=O)N4C[C@H](C)C[C@H]4C(=O)NCc4ccc(-c5scnc5C)cc4)C(C)(C)C)cc3)C2=S)cc1C. The van der Waals surface area contributed by atoms with Gasteiger partial charge in [0.2, 0.25) is 41.1 Å². The third-order valence-corrected chi connectivity index (χ3v) is 26.6. The molecule has 7 heterocycles. The van der Waals surface area contributed by atoms with Crippen molar-refractivity contribution in [3.8, 4) is 32.4 Å². The van der Waals surface area contributed by atoms with Crippen molar-refractivity contribution in [1.82, 2.24) is 46.0 Å². The van der Waals surface area contributed by atoms with E-state index in [9.17, 15) is 38.4 Å². The smallest absolute Gasteiger partial charge is 0.272 e. The number of halogens is 1. The summed E-state index contributed by atoms with van der Waals surface area (Å²) >= 11 is 21.0. The molecule has 29 nitrogen and oxygen atoms in total. The predicted molar refractivity (Wildman–Crippen MR) is 531 cm³/mol. The van der Waals surface area contributed by atoms with Crippen LogP contribution in [-0.2, 0) is 70.4 Å². The van der Waals surface area contributed by atoms with Crippen LogP contribution in [0.3, 0.4) is 0 Å². The van der Waals surface area contributed by atoms with E-state index in [1.807, 2.05) is 210 Å². The highest BCUT2D eigenvalue weighted by molar-refractivity contribution is 7.81. The van der Waals surface area contributed by atoms with Crippen molar-refractivity contribution in [2.45, 2.75) is 204 Å². The van der Waals surface area contributed by atoms with Gasteiger partial charge in [0, 0.05) is 82.2 Å². The van der Waals surface area contributed by atoms with Crippen molar-refractivity contribution in [3.63, 3.8) is 0 Å². The van der Waals surface area contributed by atoms with Crippen molar-refractivity contribution in [1.29, 1.82) is 0 Å². The molecular formula is C100H122ClN15O14S4. The predicted octanol–water partition coefficient (Wildman–Crippen LogP) is 16.9. The molecule has 4 fully saturated rings. The first-order valence-corrected chi connectivity index (χ1v) is 48.2. The lowest BCUT2D eigenvalue weighted by molar-refractivity contribution is -0.144. The summed E-state index contributed by atoms with van der Waals surface area (Å²) in [6.45, 7) is 47.8. The zero-order valence-electron chi connectivity index (χ0n) is 78.9. The summed E-state index contributed by atoms with van der Waals surface area (Å²) in [7, 11) is 0. The average molecular weight is 1920 g/mol. The van der Waals surface area contributed by atoms with Gasteiger partial charge in [-0.1, -0.05) is 128 Å². The molecule has 0 radical (unpaired) electrons. The molecule has 134 heavy (non-hydrogen) atoms. The van der Waals surface area contributed by atoms with Gasteiger partial charge in [0.25, 0.3) is 17.6 Å². The highest BCUT2D eigenvalue weighted by Crippen LogP contribution is 2.42. The number of nitrogens with one attached hydrogen (secondary N) is 4. The maximum atomic E-state index is 14.1. The van der Waals surface area contributed by atoms with Crippen LogP contribution in [0.4, 0.5) is 34.3 Å². The zero-order valence-corrected chi connectivity index (χ0v) is 83.0. The van der Waals surface area contributed by atoms with Crippen LogP contribution in [0.1, 0.15) is 163 Å². The van der Waals surface area contributed by atoms with Gasteiger partial charge in [-0.3, -0.25) is 48.2 Å². The standard InChI is InChI=1S/C50H60ClN7O7S2.C50H62N8O7S2/c1-32-26-41(45(60)53-28-34-12-14-35(15-13-34)43-33(2)54-31-67-43)56(29-32)46(61)44(49(3,4)5)55-42(59)30-64-24-11-23-63-22-9-10-25-65-38-19-16-36(17-20-38)58-48(66)57(47(62)50(58,6)7)37-18-21-40(52-8)39(51)27-37;1-32-25-40(45(60)53-27-35-13-15-36(16-14-35)42-34(3)54-31-67-42)56(29-32)46(61)43(49(4,5)6)55-41(59)30-64-23-12-22-63-21-10-11-24-65-39-19-17-37(18-20-39)58-48(66)57(47(62)50(58,7)8)38-26-33(2)44(51-9)52-28-38/h12-21,27,31-32,41,44H,9-11,22-26,28-30H2,1-7H3,(H,53,60)(H,55,59);13-20,26,28,31-32,40,43H,10-12,21-25,27,29-30H2,1-8H3,(H,53,60)(H,55,59)/t32-,41+,44-;32-,40+,43-/m11/s1. The van der Waals surface area contributed by atoms with Crippen molar-refractivity contribution in [2.24, 2.45) is 22.7 Å². The van der Waals surface area contributed by atoms with Crippen molar-refractivity contribution in [2.75, 3.05) is 98.8 Å². The number of ether oxygens (including phenoxy) is 6. The van der Waals surface area contributed by atoms with E-state index in [1.54, 1.807) is 68.6 Å². The molecular weight excluding hydrogens is 1800 g/mol. The van der Waals surface area contributed by atoms with Gasteiger partial charge in [0.1, 0.15) is 66.2 Å². The van der Waals surface area contributed by atoms with E-state index in [2.05, 4.69) is 45.9 Å². The summed E-state index contributed by atoms with van der Waals surface area (Å²) in [5.41, 5.74) is 10.1. The lowest BCUT2D eigenvalue weighted by Gasteiger charge is -2.35. The highest BCUT2D eigenvalue weighted by Gasteiger charge is 2.53. The maximum Gasteiger partial charge on any atom is 0.272 e. The Morgan fingerprint density at radius 2 is 0.903 bits per heavy atom. The fourth-order valence-corrected chi connectivity index (χ4v) is 19.2. The number of hydrogen-bond donors (Lipinski definition) is 4. The number of rotatable bonds is 40. The summed E-state index contributed by atoms with van der Waals surface area (Å²) in [6.07, 6.45) is 6.93. The van der Waals surface area contributed by atoms with Crippen LogP contribution in [0.25, 0.3) is 30.6 Å². The van der Waals surface area contributed by atoms with Gasteiger partial charge in [-0.05, 0) is 241 Å². The largest absolute Gasteiger partial charge is 0.494 e. The number of amides is 8. The first kappa shape index (κ1) is 103. The molecule has 4 aliphatic rings. The number of thiazole rings is 2. The lowest BCUT2D eigenvalue weighted by atomic mass is 9.85. The number of nitrogens with zero attached hydrogens (tertiary/aromatic N) is 11. The number of hydrogen-bond acceptors (Lipinski definition) is 21. The summed E-state index contributed by atoms with van der Waals surface area (Å²) in [5, 5.41) is 12.8. The Kier molecular flexibility index (Phi) is 36.1. The molecule has 4 saturated heterocycles. The van der Waals surface area contributed by atoms with Gasteiger partial charge in [-0.25, -0.2) is 14.8 Å². The van der Waals surface area contributed by atoms with Crippen molar-refractivity contribution in [3.05, 3.63) is 194 Å². The van der Waals surface area contributed by atoms with Crippen molar-refractivity contribution < 1.29 is 66.8 Å². The molecule has 6 atom stereocenters. The minimum absolute atomic E-state index is 0.129. The molecule has 8 amide bonds. The van der Waals surface area contributed by atoms with Gasteiger partial charge >= 0.3 is 0 Å². The van der Waals surface area contributed by atoms with Gasteiger partial charge in [-0.2, -0.15) is 0 Å². The van der Waals surface area contributed by atoms with Gasteiger partial charge < -0.3 is 74.1 Å². The second-order valence-electron chi connectivity index (χ2n) is 37.3. The third-order valence-electron chi connectivity index (χ3n) is 23.6. The molecule has 34 heteroatoms. The minimum atomic E-state index is -0.957. The molecule has 3 aromatic heterocycles. The first-order valence-electron chi connectivity index (χ1n) is 45.2. The average Bonchev–Trinajstić information content (AvgIpc) is 1.59. The lowest BCUT2D eigenvalue weighted by Crippen LogP contribution is -2.58. The number of aromatic nitrogens is 3. The fraction of sp³-hybridized carbons (Fsp3) is 0.470. The number of unbranched alkanes of at least 4 members (excludes halogenated alkanes) is 2. The molecule has 0 saturated carbocycles. The highest BCUT2D eigenvalue weighted by atomic mass is 35.5. The van der Waals surface area contributed by atoms with Gasteiger partial charge in [-0.15, -0.1) is 27.7 Å². The Balaban J connectivity index is 0.000000258. The molecule has 712 valence electrons. The van der Waals surface area contributed by atoms with E-state index in [0.29, 0.717) is 149 Å². The number of thiocarbonyl (C=S) groups is 2. The number of benzene rings is 5. The van der Waals surface area contributed by atoms with E-state index in [0.717, 1.165) is 80.5 Å². The second kappa shape index (κ2) is 46.8. The van der Waals surface area contributed by atoms with E-state index < -0.39 is 57.9 Å². The number of anilines is 4. The first-order chi connectivity index (χ1) is 63.8. The van der Waals surface area contributed by atoms with Crippen LogP contribution in [-0.4, -0.2) is 197 Å². The van der Waals surface area contributed by atoms with Crippen LogP contribution >= 0.6 is 58.7 Å². The Labute approximate surface area is 809 Å². The molecule has 0 spiro atoms. The summed E-state index contributed by atoms with van der Waals surface area (Å²) < 4.78 is 34.8. The van der Waals surface area contributed by atoms with Gasteiger partial charge in [0.05, 0.1) is 63.3 Å². The Hall–Kier alpha value is -11.2. The van der Waals surface area contributed by atoms with Crippen LogP contribution in [0, 0.1) is 56.6 Å². The van der Waals surface area contributed by atoms with Crippen LogP contribution in [0.2, 0.25) is 5.02 Å². The second-order valence-corrected chi connectivity index (χ2v) is 40.1. The van der Waals surface area contributed by atoms with E-state index in [4.69, 9.17) is 77.6 Å². The molecule has 0 bridgehead atoms. The Morgan fingerprint density at radius 1 is 0.515 bits per heavy atom. The number of carbonyl (C=O) groups is 8. The number of aryl methyl sites for hydroxylation is 3. The van der Waals surface area contributed by atoms with E-state index >= 15 is 0 Å². The Morgan fingerprint density at radius 3 is 1.28 bits per heavy atom. The van der Waals surface area contributed by atoms with Crippen LogP contribution in [0.5, 0.6) is 11.5 Å². The van der Waals surface area contributed by atoms with E-state index in [-0.39, 0.29) is 71.3 Å². The molecule has 4 aliphatic heterocycles. The quantitative estimate of drug-likeness (QED) is 0.0157.